The van der Waals surface area contributed by atoms with Crippen molar-refractivity contribution in [1.82, 2.24) is 0 Å². The number of phenolic OH excluding ortho intramolecular Hbond substituents is 1. The molecule has 1 unspecified atom stereocenters. The Kier molecular flexibility index (Phi) is 4.36. The van der Waals surface area contributed by atoms with E-state index in [0.717, 1.165) is 16.8 Å². The number of benzene rings is 2. The van der Waals surface area contributed by atoms with Crippen LogP contribution in [0.5, 0.6) is 11.5 Å². The lowest BCUT2D eigenvalue weighted by atomic mass is 10.0. The molecular weight excluding hydrogens is 269 g/mol. The molecule has 21 heavy (non-hydrogen) atoms. The summed E-state index contributed by atoms with van der Waals surface area (Å²) < 4.78 is 19.3. The lowest BCUT2D eigenvalue weighted by Crippen LogP contribution is -2.11. The van der Waals surface area contributed by atoms with Gasteiger partial charge in [0, 0.05) is 11.3 Å². The van der Waals surface area contributed by atoms with Crippen LogP contribution in [0.15, 0.2) is 30.3 Å². The van der Waals surface area contributed by atoms with Gasteiger partial charge in [0.2, 0.25) is 0 Å². The van der Waals surface area contributed by atoms with Crippen LogP contribution in [-0.4, -0.2) is 12.2 Å². The van der Waals surface area contributed by atoms with Crippen molar-refractivity contribution in [3.63, 3.8) is 0 Å². The van der Waals surface area contributed by atoms with E-state index in [4.69, 9.17) is 4.74 Å². The van der Waals surface area contributed by atoms with Crippen molar-refractivity contribution >= 4 is 5.69 Å². The number of aryl methyl sites for hydroxylation is 1. The summed E-state index contributed by atoms with van der Waals surface area (Å²) in [5.74, 6) is 0.444. The fourth-order valence-electron chi connectivity index (χ4n) is 2.41. The minimum absolute atomic E-state index is 0.257. The van der Waals surface area contributed by atoms with E-state index in [-0.39, 0.29) is 17.6 Å². The van der Waals surface area contributed by atoms with Gasteiger partial charge in [0.15, 0.2) is 0 Å². The van der Waals surface area contributed by atoms with Crippen LogP contribution in [0.2, 0.25) is 0 Å². The Hall–Kier alpha value is -2.23. The molecule has 112 valence electrons. The minimum atomic E-state index is -0.316. The minimum Gasteiger partial charge on any atom is -0.507 e. The van der Waals surface area contributed by atoms with Crippen LogP contribution < -0.4 is 10.1 Å². The van der Waals surface area contributed by atoms with Crippen molar-refractivity contribution in [2.45, 2.75) is 26.8 Å². The first kappa shape index (κ1) is 15.2. The van der Waals surface area contributed by atoms with Gasteiger partial charge in [0.25, 0.3) is 0 Å². The highest BCUT2D eigenvalue weighted by Gasteiger charge is 2.17. The molecule has 2 N–H and O–H groups in total. The Morgan fingerprint density at radius 2 is 1.90 bits per heavy atom. The van der Waals surface area contributed by atoms with E-state index < -0.39 is 0 Å². The molecule has 0 saturated heterocycles. The third kappa shape index (κ3) is 2.94. The van der Waals surface area contributed by atoms with Crippen LogP contribution in [0.1, 0.15) is 29.7 Å². The van der Waals surface area contributed by atoms with E-state index in [9.17, 15) is 9.50 Å². The summed E-state index contributed by atoms with van der Waals surface area (Å²) in [5, 5.41) is 13.2. The van der Waals surface area contributed by atoms with Gasteiger partial charge in [-0.1, -0.05) is 12.1 Å². The average molecular weight is 289 g/mol. The monoisotopic (exact) mass is 289 g/mol. The van der Waals surface area contributed by atoms with Gasteiger partial charge in [-0.05, 0) is 44.5 Å². The van der Waals surface area contributed by atoms with Crippen LogP contribution in [0.4, 0.5) is 10.1 Å². The zero-order valence-corrected chi connectivity index (χ0v) is 12.7. The molecule has 2 aromatic carbocycles. The van der Waals surface area contributed by atoms with Crippen LogP contribution in [0.25, 0.3) is 0 Å². The summed E-state index contributed by atoms with van der Waals surface area (Å²) in [5.41, 5.74) is 2.81. The second kappa shape index (κ2) is 6.04. The van der Waals surface area contributed by atoms with Crippen LogP contribution in [0, 0.1) is 19.7 Å². The molecule has 2 rings (SSSR count). The van der Waals surface area contributed by atoms with E-state index in [1.165, 1.54) is 13.2 Å². The van der Waals surface area contributed by atoms with E-state index in [2.05, 4.69) is 5.32 Å². The van der Waals surface area contributed by atoms with Crippen molar-refractivity contribution in [2.75, 3.05) is 12.4 Å². The molecule has 0 aromatic heterocycles. The van der Waals surface area contributed by atoms with Gasteiger partial charge in [-0.3, -0.25) is 0 Å². The fourth-order valence-corrected chi connectivity index (χ4v) is 2.41. The maximum absolute atomic E-state index is 14.1. The zero-order valence-electron chi connectivity index (χ0n) is 12.7. The molecule has 0 aliphatic carbocycles. The molecule has 2 aromatic rings. The van der Waals surface area contributed by atoms with Gasteiger partial charge >= 0.3 is 0 Å². The van der Waals surface area contributed by atoms with E-state index in [0.29, 0.717) is 11.3 Å². The Morgan fingerprint density at radius 3 is 2.57 bits per heavy atom. The Labute approximate surface area is 124 Å². The van der Waals surface area contributed by atoms with E-state index >= 15 is 0 Å². The first-order valence-electron chi connectivity index (χ1n) is 6.83. The number of anilines is 1. The molecule has 0 bridgehead atoms. The van der Waals surface area contributed by atoms with Gasteiger partial charge < -0.3 is 15.2 Å². The van der Waals surface area contributed by atoms with Crippen molar-refractivity contribution < 1.29 is 14.2 Å². The third-order valence-corrected chi connectivity index (χ3v) is 3.67. The highest BCUT2D eigenvalue weighted by Crippen LogP contribution is 2.33. The van der Waals surface area contributed by atoms with Crippen molar-refractivity contribution in [1.29, 1.82) is 0 Å². The summed E-state index contributed by atoms with van der Waals surface area (Å²) >= 11 is 0. The van der Waals surface area contributed by atoms with Crippen LogP contribution in [0.3, 0.4) is 0 Å². The molecule has 0 spiro atoms. The Bertz CT molecular complexity index is 655. The highest BCUT2D eigenvalue weighted by molar-refractivity contribution is 5.60. The largest absolute Gasteiger partial charge is 0.507 e. The summed E-state index contributed by atoms with van der Waals surface area (Å²) in [7, 11) is 1.52. The standard InChI is InChI=1S/C17H20FNO2/c1-10-8-9-14(11(2)17(10)20)19-12(3)16-13(18)6-5-7-15(16)21-4/h5-9,12,19-20H,1-4H3. The Balaban J connectivity index is 2.35. The van der Waals surface area contributed by atoms with Gasteiger partial charge in [-0.15, -0.1) is 0 Å². The number of halogens is 1. The second-order valence-electron chi connectivity index (χ2n) is 5.13. The molecule has 4 heteroatoms. The average Bonchev–Trinajstić information content (AvgIpc) is 2.47. The van der Waals surface area contributed by atoms with Crippen LogP contribution in [-0.2, 0) is 0 Å². The molecule has 1 atom stereocenters. The number of methoxy groups -OCH3 is 1. The third-order valence-electron chi connectivity index (χ3n) is 3.67. The zero-order chi connectivity index (χ0) is 15.6. The SMILES string of the molecule is COc1cccc(F)c1C(C)Nc1ccc(C)c(O)c1C. The first-order valence-corrected chi connectivity index (χ1v) is 6.83. The summed E-state index contributed by atoms with van der Waals surface area (Å²) in [6, 6.07) is 8.19. The molecule has 3 nitrogen and oxygen atoms in total. The quantitative estimate of drug-likeness (QED) is 0.880. The lowest BCUT2D eigenvalue weighted by Gasteiger charge is -2.21. The molecule has 0 aliphatic rings. The molecule has 0 heterocycles. The summed E-state index contributed by atoms with van der Waals surface area (Å²) in [4.78, 5) is 0. The van der Waals surface area contributed by atoms with Crippen molar-refractivity contribution in [3.8, 4) is 11.5 Å². The van der Waals surface area contributed by atoms with Gasteiger partial charge in [0.05, 0.1) is 18.7 Å². The van der Waals surface area contributed by atoms with Gasteiger partial charge in [-0.25, -0.2) is 4.39 Å². The van der Waals surface area contributed by atoms with Crippen LogP contribution >= 0.6 is 0 Å². The molecule has 0 aliphatic heterocycles. The fraction of sp³-hybridized carbons (Fsp3) is 0.294. The maximum Gasteiger partial charge on any atom is 0.132 e. The molecule has 0 amide bonds. The smallest absolute Gasteiger partial charge is 0.132 e. The number of phenols is 1. The lowest BCUT2D eigenvalue weighted by molar-refractivity contribution is 0.402. The summed E-state index contributed by atoms with van der Waals surface area (Å²) in [6.45, 7) is 5.53. The number of rotatable bonds is 4. The van der Waals surface area contributed by atoms with Gasteiger partial charge in [0.1, 0.15) is 17.3 Å². The molecule has 0 saturated carbocycles. The van der Waals surface area contributed by atoms with Gasteiger partial charge in [-0.2, -0.15) is 0 Å². The number of nitrogens with one attached hydrogen (secondary N) is 1. The van der Waals surface area contributed by atoms with Crippen molar-refractivity contribution in [3.05, 3.63) is 52.8 Å². The maximum atomic E-state index is 14.1. The normalized spacial score (nSPS) is 12.0. The van der Waals surface area contributed by atoms with Crippen molar-refractivity contribution in [2.24, 2.45) is 0 Å². The first-order chi connectivity index (χ1) is 9.95. The second-order valence-corrected chi connectivity index (χ2v) is 5.13. The summed E-state index contributed by atoms with van der Waals surface area (Å²) in [6.07, 6.45) is 0. The predicted octanol–water partition coefficient (Wildman–Crippen LogP) is 4.33. The number of ether oxygens (including phenoxy) is 1. The highest BCUT2D eigenvalue weighted by atomic mass is 19.1. The topological polar surface area (TPSA) is 41.5 Å². The predicted molar refractivity (Wildman–Crippen MR) is 82.6 cm³/mol. The van der Waals surface area contributed by atoms with E-state index in [1.54, 1.807) is 12.1 Å². The molecule has 0 radical (unpaired) electrons. The number of hydrogen-bond donors (Lipinski definition) is 2. The number of hydrogen-bond acceptors (Lipinski definition) is 3. The Morgan fingerprint density at radius 1 is 1.19 bits per heavy atom. The molecular formula is C17H20FNO2. The number of aromatic hydroxyl groups is 1. The molecule has 0 fully saturated rings. The van der Waals surface area contributed by atoms with E-state index in [1.807, 2.05) is 32.9 Å².